The summed E-state index contributed by atoms with van der Waals surface area (Å²) < 4.78 is 38.4. The lowest BCUT2D eigenvalue weighted by molar-refractivity contribution is -0.137. The minimum Gasteiger partial charge on any atom is -0.347 e. The van der Waals surface area contributed by atoms with Crippen molar-refractivity contribution >= 4 is 5.91 Å². The molecule has 0 fully saturated rings. The highest BCUT2D eigenvalue weighted by atomic mass is 19.4. The van der Waals surface area contributed by atoms with Gasteiger partial charge in [-0.05, 0) is 42.7 Å². The SMILES string of the molecule is CC(=O)NC(C)(C)c1ccc(-c2cccc(C(F)(F)F)c2)cc1. The number of alkyl halides is 3. The Morgan fingerprint density at radius 3 is 2.04 bits per heavy atom. The van der Waals surface area contributed by atoms with E-state index in [0.717, 1.165) is 17.7 Å². The molecule has 2 rings (SSSR count). The number of carbonyl (C=O) groups is 1. The van der Waals surface area contributed by atoms with Crippen molar-refractivity contribution in [3.05, 3.63) is 59.7 Å². The van der Waals surface area contributed by atoms with Crippen molar-refractivity contribution < 1.29 is 18.0 Å². The van der Waals surface area contributed by atoms with Gasteiger partial charge >= 0.3 is 6.18 Å². The van der Waals surface area contributed by atoms with Crippen molar-refractivity contribution in [2.45, 2.75) is 32.5 Å². The zero-order valence-electron chi connectivity index (χ0n) is 13.2. The Kier molecular flexibility index (Phi) is 4.50. The van der Waals surface area contributed by atoms with E-state index in [1.165, 1.54) is 13.0 Å². The molecule has 0 aliphatic heterocycles. The first kappa shape index (κ1) is 17.1. The molecule has 5 heteroatoms. The number of hydrogen-bond acceptors (Lipinski definition) is 1. The van der Waals surface area contributed by atoms with E-state index in [0.29, 0.717) is 11.1 Å². The van der Waals surface area contributed by atoms with E-state index in [4.69, 9.17) is 0 Å². The molecule has 0 radical (unpaired) electrons. The molecule has 0 heterocycles. The lowest BCUT2D eigenvalue weighted by Crippen LogP contribution is -2.39. The van der Waals surface area contributed by atoms with Crippen LogP contribution in [0.4, 0.5) is 13.2 Å². The Hall–Kier alpha value is -2.30. The average molecular weight is 321 g/mol. The van der Waals surface area contributed by atoms with Gasteiger partial charge in [-0.1, -0.05) is 36.4 Å². The van der Waals surface area contributed by atoms with Gasteiger partial charge in [0.2, 0.25) is 5.91 Å². The zero-order chi connectivity index (χ0) is 17.3. The Bertz CT molecular complexity index is 703. The van der Waals surface area contributed by atoms with E-state index in [1.54, 1.807) is 18.2 Å². The Morgan fingerprint density at radius 1 is 0.913 bits per heavy atom. The van der Waals surface area contributed by atoms with Gasteiger partial charge in [-0.15, -0.1) is 0 Å². The van der Waals surface area contributed by atoms with Crippen LogP contribution in [0.15, 0.2) is 48.5 Å². The first-order valence-corrected chi connectivity index (χ1v) is 7.16. The molecule has 1 N–H and O–H groups in total. The molecule has 0 bridgehead atoms. The van der Waals surface area contributed by atoms with Crippen LogP contribution in [0.1, 0.15) is 31.9 Å². The third-order valence-electron chi connectivity index (χ3n) is 3.62. The number of nitrogens with one attached hydrogen (secondary N) is 1. The van der Waals surface area contributed by atoms with E-state index in [1.807, 2.05) is 26.0 Å². The second kappa shape index (κ2) is 6.07. The van der Waals surface area contributed by atoms with E-state index in [-0.39, 0.29) is 5.91 Å². The summed E-state index contributed by atoms with van der Waals surface area (Å²) in [5, 5.41) is 2.84. The van der Waals surface area contributed by atoms with Gasteiger partial charge in [-0.25, -0.2) is 0 Å². The van der Waals surface area contributed by atoms with Crippen molar-refractivity contribution in [1.29, 1.82) is 0 Å². The second-order valence-corrected chi connectivity index (χ2v) is 5.96. The van der Waals surface area contributed by atoms with Gasteiger partial charge in [0, 0.05) is 6.92 Å². The molecule has 0 saturated heterocycles. The zero-order valence-corrected chi connectivity index (χ0v) is 13.2. The van der Waals surface area contributed by atoms with Gasteiger partial charge < -0.3 is 5.32 Å². The maximum Gasteiger partial charge on any atom is 0.416 e. The predicted molar refractivity (Wildman–Crippen MR) is 83.7 cm³/mol. The van der Waals surface area contributed by atoms with Crippen LogP contribution in [0.3, 0.4) is 0 Å². The predicted octanol–water partition coefficient (Wildman–Crippen LogP) is 4.74. The van der Waals surface area contributed by atoms with Crippen LogP contribution >= 0.6 is 0 Å². The van der Waals surface area contributed by atoms with Gasteiger partial charge in [-0.3, -0.25) is 4.79 Å². The summed E-state index contributed by atoms with van der Waals surface area (Å²) in [5.74, 6) is -0.142. The molecule has 0 aromatic heterocycles. The highest BCUT2D eigenvalue weighted by Crippen LogP contribution is 2.32. The Labute approximate surface area is 133 Å². The maximum atomic E-state index is 12.8. The standard InChI is InChI=1S/C18H18F3NO/c1-12(23)22-17(2,3)15-9-7-13(8-10-15)14-5-4-6-16(11-14)18(19,20)21/h4-11H,1-3H3,(H,22,23). The molecule has 0 saturated carbocycles. The summed E-state index contributed by atoms with van der Waals surface area (Å²) in [4.78, 5) is 11.2. The largest absolute Gasteiger partial charge is 0.416 e. The van der Waals surface area contributed by atoms with Crippen LogP contribution in [-0.2, 0) is 16.5 Å². The lowest BCUT2D eigenvalue weighted by Gasteiger charge is -2.26. The van der Waals surface area contributed by atoms with E-state index in [9.17, 15) is 18.0 Å². The molecule has 0 spiro atoms. The lowest BCUT2D eigenvalue weighted by atomic mass is 9.92. The molecule has 0 aliphatic carbocycles. The molecule has 2 aromatic rings. The highest BCUT2D eigenvalue weighted by molar-refractivity contribution is 5.74. The third kappa shape index (κ3) is 4.12. The molecule has 1 amide bonds. The number of rotatable bonds is 3. The molecule has 122 valence electrons. The van der Waals surface area contributed by atoms with Crippen LogP contribution in [0.5, 0.6) is 0 Å². The van der Waals surface area contributed by atoms with E-state index >= 15 is 0 Å². The number of hydrogen-bond donors (Lipinski definition) is 1. The summed E-state index contributed by atoms with van der Waals surface area (Å²) in [6, 6.07) is 12.4. The summed E-state index contributed by atoms with van der Waals surface area (Å²) >= 11 is 0. The number of halogens is 3. The van der Waals surface area contributed by atoms with Gasteiger partial charge in [-0.2, -0.15) is 13.2 Å². The topological polar surface area (TPSA) is 29.1 Å². The van der Waals surface area contributed by atoms with E-state index < -0.39 is 17.3 Å². The van der Waals surface area contributed by atoms with Gasteiger partial charge in [0.05, 0.1) is 11.1 Å². The fourth-order valence-electron chi connectivity index (χ4n) is 2.47. The first-order chi connectivity index (χ1) is 10.6. The van der Waals surface area contributed by atoms with Gasteiger partial charge in [0.25, 0.3) is 0 Å². The molecule has 2 nitrogen and oxygen atoms in total. The minimum atomic E-state index is -4.36. The summed E-state index contributed by atoms with van der Waals surface area (Å²) in [5.41, 5.74) is 0.862. The van der Waals surface area contributed by atoms with Crippen LogP contribution in [-0.4, -0.2) is 5.91 Å². The quantitative estimate of drug-likeness (QED) is 0.869. The average Bonchev–Trinajstić information content (AvgIpc) is 2.45. The molecular formula is C18H18F3NO. The number of amides is 1. The summed E-state index contributed by atoms with van der Waals surface area (Å²) in [6.07, 6.45) is -4.36. The number of carbonyl (C=O) groups excluding carboxylic acids is 1. The highest BCUT2D eigenvalue weighted by Gasteiger charge is 2.30. The smallest absolute Gasteiger partial charge is 0.347 e. The maximum absolute atomic E-state index is 12.8. The summed E-state index contributed by atoms with van der Waals surface area (Å²) in [7, 11) is 0. The number of benzene rings is 2. The van der Waals surface area contributed by atoms with Crippen molar-refractivity contribution in [3.63, 3.8) is 0 Å². The molecule has 0 aliphatic rings. The van der Waals surface area contributed by atoms with Gasteiger partial charge in [0.1, 0.15) is 0 Å². The molecule has 2 aromatic carbocycles. The molecule has 23 heavy (non-hydrogen) atoms. The van der Waals surface area contributed by atoms with E-state index in [2.05, 4.69) is 5.32 Å². The normalized spacial score (nSPS) is 12.1. The van der Waals surface area contributed by atoms with Crippen molar-refractivity contribution in [2.75, 3.05) is 0 Å². The van der Waals surface area contributed by atoms with Crippen LogP contribution in [0.2, 0.25) is 0 Å². The first-order valence-electron chi connectivity index (χ1n) is 7.16. The Morgan fingerprint density at radius 2 is 1.52 bits per heavy atom. The monoisotopic (exact) mass is 321 g/mol. The minimum absolute atomic E-state index is 0.142. The Balaban J connectivity index is 2.32. The second-order valence-electron chi connectivity index (χ2n) is 5.96. The van der Waals surface area contributed by atoms with Crippen LogP contribution < -0.4 is 5.32 Å². The van der Waals surface area contributed by atoms with Crippen molar-refractivity contribution in [3.8, 4) is 11.1 Å². The fourth-order valence-corrected chi connectivity index (χ4v) is 2.47. The molecule has 0 atom stereocenters. The van der Waals surface area contributed by atoms with Crippen LogP contribution in [0.25, 0.3) is 11.1 Å². The van der Waals surface area contributed by atoms with Gasteiger partial charge in [0.15, 0.2) is 0 Å². The summed E-state index contributed by atoms with van der Waals surface area (Å²) in [6.45, 7) is 5.18. The molecular weight excluding hydrogens is 303 g/mol. The van der Waals surface area contributed by atoms with Crippen molar-refractivity contribution in [1.82, 2.24) is 5.32 Å². The van der Waals surface area contributed by atoms with Crippen LogP contribution in [0, 0.1) is 0 Å². The third-order valence-corrected chi connectivity index (χ3v) is 3.62. The fraction of sp³-hybridized carbons (Fsp3) is 0.278. The van der Waals surface area contributed by atoms with Crippen molar-refractivity contribution in [2.24, 2.45) is 0 Å². The molecule has 0 unspecified atom stereocenters.